The van der Waals surface area contributed by atoms with Crippen LogP contribution in [0.15, 0.2) is 53.4 Å². The molecule has 2 aromatic carbocycles. The summed E-state index contributed by atoms with van der Waals surface area (Å²) >= 11 is 6.07. The lowest BCUT2D eigenvalue weighted by Gasteiger charge is -2.22. The molecule has 5 nitrogen and oxygen atoms in total. The van der Waals surface area contributed by atoms with E-state index in [0.717, 1.165) is 9.87 Å². The second-order valence-corrected chi connectivity index (χ2v) is 8.41. The van der Waals surface area contributed by atoms with Crippen molar-refractivity contribution in [1.82, 2.24) is 9.62 Å². The Morgan fingerprint density at radius 1 is 1.11 bits per heavy atom. The number of nitrogens with one attached hydrogen (secondary N) is 1. The maximum atomic E-state index is 13.0. The summed E-state index contributed by atoms with van der Waals surface area (Å²) in [6.07, 6.45) is -4.60. The molecule has 0 heterocycles. The Labute approximate surface area is 166 Å². The van der Waals surface area contributed by atoms with E-state index in [1.807, 2.05) is 0 Å². The van der Waals surface area contributed by atoms with Crippen LogP contribution in [0.5, 0.6) is 0 Å². The summed E-state index contributed by atoms with van der Waals surface area (Å²) in [5.41, 5.74) is 1.25. The zero-order chi connectivity index (χ0) is 20.9. The first-order valence-electron chi connectivity index (χ1n) is 8.13. The molecule has 0 aliphatic carbocycles. The van der Waals surface area contributed by atoms with Crippen LogP contribution < -0.4 is 5.32 Å². The zero-order valence-electron chi connectivity index (χ0n) is 14.8. The van der Waals surface area contributed by atoms with Gasteiger partial charge in [0.05, 0.1) is 11.4 Å². The molecule has 0 atom stereocenters. The summed E-state index contributed by atoms with van der Waals surface area (Å²) in [5.74, 6) is -1.07. The van der Waals surface area contributed by atoms with Crippen molar-refractivity contribution in [1.29, 1.82) is 0 Å². The third-order valence-electron chi connectivity index (χ3n) is 3.77. The van der Waals surface area contributed by atoms with Gasteiger partial charge in [0, 0.05) is 11.6 Å². The standard InChI is InChI=1S/C18H18ClF3N2O3S/c1-13-6-8-15(9-7-13)28(26,27)24(10-14-4-2-3-5-16(14)19)11-17(25)23-12-18(20,21)22/h2-9H,10-12H2,1H3,(H,23,25). The number of benzene rings is 2. The van der Waals surface area contributed by atoms with Crippen molar-refractivity contribution < 1.29 is 26.4 Å². The fraction of sp³-hybridized carbons (Fsp3) is 0.278. The number of hydrogen-bond acceptors (Lipinski definition) is 3. The molecule has 0 spiro atoms. The van der Waals surface area contributed by atoms with Crippen LogP contribution in [-0.2, 0) is 21.4 Å². The molecule has 1 N–H and O–H groups in total. The van der Waals surface area contributed by atoms with Gasteiger partial charge in [-0.15, -0.1) is 0 Å². The number of sulfonamides is 1. The lowest BCUT2D eigenvalue weighted by Crippen LogP contribution is -2.43. The van der Waals surface area contributed by atoms with Gasteiger partial charge in [0.2, 0.25) is 15.9 Å². The number of rotatable bonds is 7. The highest BCUT2D eigenvalue weighted by Gasteiger charge is 2.31. The van der Waals surface area contributed by atoms with E-state index in [9.17, 15) is 26.4 Å². The predicted molar refractivity (Wildman–Crippen MR) is 99.3 cm³/mol. The molecule has 0 fully saturated rings. The summed E-state index contributed by atoms with van der Waals surface area (Å²) in [6, 6.07) is 12.3. The molecule has 1 amide bonds. The Morgan fingerprint density at radius 2 is 1.71 bits per heavy atom. The van der Waals surface area contributed by atoms with E-state index < -0.39 is 35.2 Å². The van der Waals surface area contributed by atoms with Crippen LogP contribution in [0.1, 0.15) is 11.1 Å². The van der Waals surface area contributed by atoms with Gasteiger partial charge in [-0.3, -0.25) is 4.79 Å². The lowest BCUT2D eigenvalue weighted by molar-refractivity contribution is -0.138. The van der Waals surface area contributed by atoms with Gasteiger partial charge < -0.3 is 5.32 Å². The molecule has 0 saturated heterocycles. The largest absolute Gasteiger partial charge is 0.405 e. The van der Waals surface area contributed by atoms with Crippen LogP contribution >= 0.6 is 11.6 Å². The molecule has 2 aromatic rings. The van der Waals surface area contributed by atoms with Crippen molar-refractivity contribution >= 4 is 27.5 Å². The molecule has 0 bridgehead atoms. The first kappa shape index (κ1) is 22.2. The fourth-order valence-electron chi connectivity index (χ4n) is 2.32. The molecular weight excluding hydrogens is 417 g/mol. The van der Waals surface area contributed by atoms with Crippen molar-refractivity contribution in [3.63, 3.8) is 0 Å². The molecule has 0 unspecified atom stereocenters. The average Bonchev–Trinajstić information content (AvgIpc) is 2.61. The van der Waals surface area contributed by atoms with E-state index in [-0.39, 0.29) is 16.5 Å². The molecular formula is C18H18ClF3N2O3S. The monoisotopic (exact) mass is 434 g/mol. The van der Waals surface area contributed by atoms with E-state index in [1.165, 1.54) is 12.1 Å². The summed E-state index contributed by atoms with van der Waals surface area (Å²) in [4.78, 5) is 11.9. The van der Waals surface area contributed by atoms with Crippen molar-refractivity contribution in [2.45, 2.75) is 24.5 Å². The summed E-state index contributed by atoms with van der Waals surface area (Å²) in [7, 11) is -4.15. The van der Waals surface area contributed by atoms with E-state index in [2.05, 4.69) is 0 Å². The van der Waals surface area contributed by atoms with E-state index in [0.29, 0.717) is 5.56 Å². The molecule has 28 heavy (non-hydrogen) atoms. The highest BCUT2D eigenvalue weighted by molar-refractivity contribution is 7.89. The predicted octanol–water partition coefficient (Wildman–Crippen LogP) is 3.52. The SMILES string of the molecule is Cc1ccc(S(=O)(=O)N(CC(=O)NCC(F)(F)F)Cc2ccccc2Cl)cc1. The number of amides is 1. The second kappa shape index (κ2) is 8.93. The quantitative estimate of drug-likeness (QED) is 0.725. The smallest absolute Gasteiger partial charge is 0.346 e. The summed E-state index contributed by atoms with van der Waals surface area (Å²) in [5, 5.41) is 1.96. The Bertz CT molecular complexity index is 932. The highest BCUT2D eigenvalue weighted by atomic mass is 35.5. The van der Waals surface area contributed by atoms with Gasteiger partial charge in [0.15, 0.2) is 0 Å². The molecule has 0 aromatic heterocycles. The lowest BCUT2D eigenvalue weighted by atomic mass is 10.2. The van der Waals surface area contributed by atoms with E-state index >= 15 is 0 Å². The minimum Gasteiger partial charge on any atom is -0.346 e. The highest BCUT2D eigenvalue weighted by Crippen LogP contribution is 2.22. The fourth-order valence-corrected chi connectivity index (χ4v) is 3.89. The van der Waals surface area contributed by atoms with Gasteiger partial charge in [-0.1, -0.05) is 47.5 Å². The molecule has 0 aliphatic rings. The van der Waals surface area contributed by atoms with E-state index in [1.54, 1.807) is 48.6 Å². The molecule has 2 rings (SSSR count). The third kappa shape index (κ3) is 6.22. The molecule has 0 aliphatic heterocycles. The number of halogens is 4. The molecule has 0 radical (unpaired) electrons. The van der Waals surface area contributed by atoms with Crippen LogP contribution in [-0.4, -0.2) is 37.9 Å². The van der Waals surface area contributed by atoms with Crippen LogP contribution in [0.2, 0.25) is 5.02 Å². The van der Waals surface area contributed by atoms with Gasteiger partial charge in [0.25, 0.3) is 0 Å². The van der Waals surface area contributed by atoms with Gasteiger partial charge in [0.1, 0.15) is 6.54 Å². The normalized spacial score (nSPS) is 12.2. The van der Waals surface area contributed by atoms with Gasteiger partial charge in [-0.2, -0.15) is 17.5 Å². The van der Waals surface area contributed by atoms with Crippen molar-refractivity contribution in [3.05, 3.63) is 64.7 Å². The average molecular weight is 435 g/mol. The maximum absolute atomic E-state index is 13.0. The van der Waals surface area contributed by atoms with Crippen LogP contribution in [0.3, 0.4) is 0 Å². The van der Waals surface area contributed by atoms with Crippen LogP contribution in [0.4, 0.5) is 13.2 Å². The second-order valence-electron chi connectivity index (χ2n) is 6.07. The Kier molecular flexibility index (Phi) is 7.08. The van der Waals surface area contributed by atoms with Gasteiger partial charge in [-0.05, 0) is 30.7 Å². The van der Waals surface area contributed by atoms with Crippen molar-refractivity contribution in [3.8, 4) is 0 Å². The number of carbonyl (C=O) groups is 1. The minimum atomic E-state index is -4.60. The first-order valence-corrected chi connectivity index (χ1v) is 9.94. The number of nitrogens with zero attached hydrogens (tertiary/aromatic N) is 1. The van der Waals surface area contributed by atoms with E-state index in [4.69, 9.17) is 11.6 Å². The van der Waals surface area contributed by atoms with Crippen LogP contribution in [0.25, 0.3) is 0 Å². The van der Waals surface area contributed by atoms with Crippen molar-refractivity contribution in [2.75, 3.05) is 13.1 Å². The molecule has 0 saturated carbocycles. The topological polar surface area (TPSA) is 66.5 Å². The van der Waals surface area contributed by atoms with Gasteiger partial charge in [-0.25, -0.2) is 8.42 Å². The number of aryl methyl sites for hydroxylation is 1. The Morgan fingerprint density at radius 3 is 2.29 bits per heavy atom. The summed E-state index contributed by atoms with van der Waals surface area (Å²) < 4.78 is 63.7. The first-order chi connectivity index (χ1) is 13.0. The third-order valence-corrected chi connectivity index (χ3v) is 5.94. The molecule has 10 heteroatoms. The zero-order valence-corrected chi connectivity index (χ0v) is 16.4. The van der Waals surface area contributed by atoms with Gasteiger partial charge >= 0.3 is 6.18 Å². The van der Waals surface area contributed by atoms with Crippen molar-refractivity contribution in [2.24, 2.45) is 0 Å². The molecule has 152 valence electrons. The van der Waals surface area contributed by atoms with Crippen LogP contribution in [0, 0.1) is 6.92 Å². The maximum Gasteiger partial charge on any atom is 0.405 e. The number of carbonyl (C=O) groups excluding carboxylic acids is 1. The Balaban J connectivity index is 2.31. The minimum absolute atomic E-state index is 0.0752. The Hall–Kier alpha value is -2.10. The number of alkyl halides is 3. The summed E-state index contributed by atoms with van der Waals surface area (Å²) in [6.45, 7) is -0.814. The number of hydrogen-bond donors (Lipinski definition) is 1.